The molecule has 0 radical (unpaired) electrons. The van der Waals surface area contributed by atoms with Gasteiger partial charge in [-0.3, -0.25) is 4.79 Å². The minimum atomic E-state index is -3.70. The Kier molecular flexibility index (Phi) is 6.38. The Bertz CT molecular complexity index is 1080. The third-order valence-electron chi connectivity index (χ3n) is 5.34. The number of hydrogen-bond acceptors (Lipinski definition) is 5. The molecule has 2 heterocycles. The first-order valence-corrected chi connectivity index (χ1v) is 11.9. The normalized spacial score (nSPS) is 20.4. The highest BCUT2D eigenvalue weighted by molar-refractivity contribution is 8.00. The largest absolute Gasteiger partial charge is 0.486 e. The van der Waals surface area contributed by atoms with Crippen LogP contribution in [0.25, 0.3) is 4.91 Å². The van der Waals surface area contributed by atoms with Crippen LogP contribution in [0, 0.1) is 5.82 Å². The minimum absolute atomic E-state index is 0.0898. The van der Waals surface area contributed by atoms with Crippen molar-refractivity contribution >= 4 is 20.6 Å². The number of carbonyl (C=O) groups excluding carboxylic acids is 1. The van der Waals surface area contributed by atoms with E-state index in [9.17, 15) is 17.6 Å². The number of sulfone groups is 1. The lowest BCUT2D eigenvalue weighted by atomic mass is 10.1. The lowest BCUT2D eigenvalue weighted by Gasteiger charge is -2.29. The number of amides is 1. The summed E-state index contributed by atoms with van der Waals surface area (Å²) in [5.41, 5.74) is 1.01. The molecule has 1 amide bonds. The van der Waals surface area contributed by atoms with Crippen molar-refractivity contribution in [1.29, 1.82) is 0 Å². The van der Waals surface area contributed by atoms with Gasteiger partial charge in [0.1, 0.15) is 17.3 Å². The number of ether oxygens (including phenoxy) is 2. The molecular weight excluding hydrogens is 421 g/mol. The summed E-state index contributed by atoms with van der Waals surface area (Å²) in [4.78, 5) is 15.0. The molecule has 0 aromatic heterocycles. The highest BCUT2D eigenvalue weighted by Crippen LogP contribution is 2.31. The summed E-state index contributed by atoms with van der Waals surface area (Å²) in [5.74, 6) is -1.32. The van der Waals surface area contributed by atoms with Crippen molar-refractivity contribution in [1.82, 2.24) is 4.90 Å². The predicted molar refractivity (Wildman–Crippen MR) is 114 cm³/mol. The molecular formula is C23H24FNO5S. The first-order chi connectivity index (χ1) is 14.9. The molecule has 0 N–H and O–H groups in total. The Hall–Kier alpha value is -2.71. The maximum Gasteiger partial charge on any atom is 0.290 e. The summed E-state index contributed by atoms with van der Waals surface area (Å²) in [5, 5.41) is 0. The standard InChI is InChI=1S/C23H24FNO5S/c24-19-9-4-6-17(14-19)15-25(16-20-10-5-11-29-20)23(26)21-22(18-7-2-1-3-8-18)31(27,28)13-12-30-21/h1-4,6-9,14,20H,5,10-13,15-16H2/t20-/m1/s1. The minimum Gasteiger partial charge on any atom is -0.486 e. The molecule has 0 aliphatic carbocycles. The topological polar surface area (TPSA) is 72.9 Å². The maximum absolute atomic E-state index is 13.7. The predicted octanol–water partition coefficient (Wildman–Crippen LogP) is 3.15. The molecule has 2 aromatic carbocycles. The number of hydrogen-bond donors (Lipinski definition) is 0. The van der Waals surface area contributed by atoms with Crippen LogP contribution in [-0.4, -0.2) is 50.8 Å². The fourth-order valence-corrected chi connectivity index (χ4v) is 5.30. The van der Waals surface area contributed by atoms with Crippen LogP contribution in [0.4, 0.5) is 4.39 Å². The van der Waals surface area contributed by atoms with Gasteiger partial charge in [-0.15, -0.1) is 0 Å². The van der Waals surface area contributed by atoms with Gasteiger partial charge in [-0.1, -0.05) is 42.5 Å². The van der Waals surface area contributed by atoms with E-state index in [4.69, 9.17) is 9.47 Å². The van der Waals surface area contributed by atoms with Crippen LogP contribution in [-0.2, 0) is 30.7 Å². The number of halogens is 1. The van der Waals surface area contributed by atoms with Crippen LogP contribution in [0.1, 0.15) is 24.0 Å². The SMILES string of the molecule is O=C(C1=C(c2ccccc2)S(=O)(=O)CCO1)N(Cc1cccc(F)c1)C[C@H]1CCCO1. The number of carbonyl (C=O) groups is 1. The highest BCUT2D eigenvalue weighted by Gasteiger charge is 2.36. The van der Waals surface area contributed by atoms with E-state index in [0.29, 0.717) is 17.7 Å². The average Bonchev–Trinajstić information content (AvgIpc) is 3.26. The van der Waals surface area contributed by atoms with Gasteiger partial charge in [0.2, 0.25) is 5.76 Å². The molecule has 0 saturated carbocycles. The summed E-state index contributed by atoms with van der Waals surface area (Å²) in [6.45, 7) is 0.915. The molecule has 0 unspecified atom stereocenters. The summed E-state index contributed by atoms with van der Waals surface area (Å²) in [6, 6.07) is 14.5. The van der Waals surface area contributed by atoms with Gasteiger partial charge in [-0.05, 0) is 36.1 Å². The molecule has 1 atom stereocenters. The Labute approximate surface area is 181 Å². The molecule has 1 saturated heterocycles. The molecule has 2 aliphatic heterocycles. The first kappa shape index (κ1) is 21.5. The first-order valence-electron chi connectivity index (χ1n) is 10.2. The monoisotopic (exact) mass is 445 g/mol. The van der Waals surface area contributed by atoms with Crippen LogP contribution in [0.3, 0.4) is 0 Å². The summed E-state index contributed by atoms with van der Waals surface area (Å²) < 4.78 is 50.8. The Morgan fingerprint density at radius 1 is 1.10 bits per heavy atom. The molecule has 2 aromatic rings. The van der Waals surface area contributed by atoms with Gasteiger partial charge in [-0.2, -0.15) is 0 Å². The summed E-state index contributed by atoms with van der Waals surface area (Å²) in [6.07, 6.45) is 1.55. The van der Waals surface area contributed by atoms with Crippen LogP contribution in [0.15, 0.2) is 60.4 Å². The lowest BCUT2D eigenvalue weighted by molar-refractivity contribution is -0.133. The van der Waals surface area contributed by atoms with E-state index in [0.717, 1.165) is 12.8 Å². The molecule has 8 heteroatoms. The summed E-state index contributed by atoms with van der Waals surface area (Å²) >= 11 is 0. The van der Waals surface area contributed by atoms with Crippen LogP contribution in [0.2, 0.25) is 0 Å². The molecule has 0 bridgehead atoms. The average molecular weight is 446 g/mol. The second kappa shape index (κ2) is 9.20. The quantitative estimate of drug-likeness (QED) is 0.683. The van der Waals surface area contributed by atoms with Crippen molar-refractivity contribution in [2.24, 2.45) is 0 Å². The molecule has 0 spiro atoms. The second-order valence-corrected chi connectivity index (χ2v) is 9.69. The van der Waals surface area contributed by atoms with Gasteiger partial charge in [0.05, 0.1) is 11.9 Å². The van der Waals surface area contributed by atoms with Crippen molar-refractivity contribution in [3.05, 3.63) is 77.3 Å². The number of rotatable bonds is 6. The van der Waals surface area contributed by atoms with Crippen LogP contribution >= 0.6 is 0 Å². The fraction of sp³-hybridized carbons (Fsp3) is 0.348. The Morgan fingerprint density at radius 2 is 1.90 bits per heavy atom. The maximum atomic E-state index is 13.7. The third-order valence-corrected chi connectivity index (χ3v) is 7.09. The Morgan fingerprint density at radius 3 is 2.61 bits per heavy atom. The van der Waals surface area contributed by atoms with Crippen molar-refractivity contribution < 1.29 is 27.1 Å². The zero-order chi connectivity index (χ0) is 21.8. The van der Waals surface area contributed by atoms with Crippen molar-refractivity contribution in [2.75, 3.05) is 25.5 Å². The van der Waals surface area contributed by atoms with E-state index in [2.05, 4.69) is 0 Å². The van der Waals surface area contributed by atoms with Crippen molar-refractivity contribution in [3.63, 3.8) is 0 Å². The van der Waals surface area contributed by atoms with Gasteiger partial charge in [0.25, 0.3) is 5.91 Å². The van der Waals surface area contributed by atoms with E-state index in [1.807, 2.05) is 0 Å². The van der Waals surface area contributed by atoms with Gasteiger partial charge in [-0.25, -0.2) is 12.8 Å². The van der Waals surface area contributed by atoms with E-state index < -0.39 is 21.6 Å². The van der Waals surface area contributed by atoms with Crippen molar-refractivity contribution in [2.45, 2.75) is 25.5 Å². The molecule has 1 fully saturated rings. The molecule has 4 rings (SSSR count). The molecule has 31 heavy (non-hydrogen) atoms. The van der Waals surface area contributed by atoms with E-state index in [1.54, 1.807) is 42.5 Å². The van der Waals surface area contributed by atoms with E-state index in [1.165, 1.54) is 17.0 Å². The zero-order valence-electron chi connectivity index (χ0n) is 17.0. The third kappa shape index (κ3) is 4.97. The summed E-state index contributed by atoms with van der Waals surface area (Å²) in [7, 11) is -3.70. The van der Waals surface area contributed by atoms with Gasteiger partial charge in [0.15, 0.2) is 9.84 Å². The molecule has 164 valence electrons. The van der Waals surface area contributed by atoms with E-state index >= 15 is 0 Å². The Balaban J connectivity index is 1.73. The van der Waals surface area contributed by atoms with Gasteiger partial charge >= 0.3 is 0 Å². The molecule has 2 aliphatic rings. The van der Waals surface area contributed by atoms with Gasteiger partial charge in [0, 0.05) is 19.7 Å². The molecule has 6 nitrogen and oxygen atoms in total. The smallest absolute Gasteiger partial charge is 0.290 e. The number of benzene rings is 2. The second-order valence-electron chi connectivity index (χ2n) is 7.64. The van der Waals surface area contributed by atoms with Crippen LogP contribution < -0.4 is 0 Å². The zero-order valence-corrected chi connectivity index (χ0v) is 17.8. The lowest BCUT2D eigenvalue weighted by Crippen LogP contribution is -2.40. The van der Waals surface area contributed by atoms with Crippen molar-refractivity contribution in [3.8, 4) is 0 Å². The van der Waals surface area contributed by atoms with E-state index in [-0.39, 0.29) is 42.2 Å². The van der Waals surface area contributed by atoms with Gasteiger partial charge < -0.3 is 14.4 Å². The number of nitrogens with zero attached hydrogens (tertiary/aromatic N) is 1. The highest BCUT2D eigenvalue weighted by atomic mass is 32.2. The fourth-order valence-electron chi connectivity index (χ4n) is 3.87. The van der Waals surface area contributed by atoms with Crippen LogP contribution in [0.5, 0.6) is 0 Å².